The molecule has 17 heavy (non-hydrogen) atoms. The van der Waals surface area contributed by atoms with Crippen LogP contribution >= 0.6 is 0 Å². The molecule has 1 aliphatic carbocycles. The van der Waals surface area contributed by atoms with Crippen LogP contribution in [0.2, 0.25) is 0 Å². The van der Waals surface area contributed by atoms with E-state index in [4.69, 9.17) is 5.73 Å². The summed E-state index contributed by atoms with van der Waals surface area (Å²) in [5, 5.41) is 12.2. The van der Waals surface area contributed by atoms with Crippen LogP contribution in [0.4, 0.5) is 0 Å². The fourth-order valence-electron chi connectivity index (χ4n) is 2.61. The van der Waals surface area contributed by atoms with Crippen molar-refractivity contribution in [1.82, 2.24) is 20.2 Å². The fourth-order valence-corrected chi connectivity index (χ4v) is 2.61. The molecule has 0 aromatic carbocycles. The minimum Gasteiger partial charge on any atom is -0.330 e. The smallest absolute Gasteiger partial charge is 0.154 e. The number of tetrazole rings is 1. The molecule has 2 N–H and O–H groups in total. The van der Waals surface area contributed by atoms with Crippen LogP contribution in [0, 0.1) is 0 Å². The SMILES string of the molecule is NCCCCn1nnnc1C1CCCCCC1. The third-order valence-corrected chi connectivity index (χ3v) is 3.60. The molecular weight excluding hydrogens is 214 g/mol. The molecular formula is C12H23N5. The molecule has 1 heterocycles. The lowest BCUT2D eigenvalue weighted by molar-refractivity contribution is 0.475. The van der Waals surface area contributed by atoms with Crippen LogP contribution < -0.4 is 5.73 Å². The van der Waals surface area contributed by atoms with Crippen LogP contribution in [0.1, 0.15) is 63.1 Å². The highest BCUT2D eigenvalue weighted by Gasteiger charge is 2.20. The van der Waals surface area contributed by atoms with Crippen molar-refractivity contribution >= 4 is 0 Å². The Balaban J connectivity index is 1.96. The number of rotatable bonds is 5. The first-order valence-corrected chi connectivity index (χ1v) is 6.88. The Bertz CT molecular complexity index is 314. The van der Waals surface area contributed by atoms with Crippen molar-refractivity contribution in [2.75, 3.05) is 6.54 Å². The lowest BCUT2D eigenvalue weighted by Crippen LogP contribution is -2.11. The van der Waals surface area contributed by atoms with E-state index in [1.807, 2.05) is 4.68 Å². The summed E-state index contributed by atoms with van der Waals surface area (Å²) in [7, 11) is 0. The quantitative estimate of drug-likeness (QED) is 0.626. The van der Waals surface area contributed by atoms with Crippen molar-refractivity contribution in [1.29, 1.82) is 0 Å². The number of nitrogens with two attached hydrogens (primary N) is 1. The second-order valence-electron chi connectivity index (χ2n) is 4.94. The van der Waals surface area contributed by atoms with E-state index < -0.39 is 0 Å². The first-order chi connectivity index (χ1) is 8.42. The molecule has 5 heteroatoms. The van der Waals surface area contributed by atoms with Gasteiger partial charge in [0.1, 0.15) is 0 Å². The van der Waals surface area contributed by atoms with Crippen LogP contribution in [-0.2, 0) is 6.54 Å². The van der Waals surface area contributed by atoms with Crippen LogP contribution in [0.5, 0.6) is 0 Å². The average Bonchev–Trinajstić information content (AvgIpc) is 2.63. The lowest BCUT2D eigenvalue weighted by atomic mass is 9.99. The van der Waals surface area contributed by atoms with Crippen molar-refractivity contribution in [2.24, 2.45) is 5.73 Å². The van der Waals surface area contributed by atoms with Crippen molar-refractivity contribution in [3.63, 3.8) is 0 Å². The molecule has 0 radical (unpaired) electrons. The number of hydrogen-bond acceptors (Lipinski definition) is 4. The molecule has 1 aromatic rings. The Morgan fingerprint density at radius 2 is 1.88 bits per heavy atom. The minimum absolute atomic E-state index is 0.574. The molecule has 1 saturated carbocycles. The fraction of sp³-hybridized carbons (Fsp3) is 0.917. The third-order valence-electron chi connectivity index (χ3n) is 3.60. The molecule has 0 aliphatic heterocycles. The van der Waals surface area contributed by atoms with Crippen molar-refractivity contribution < 1.29 is 0 Å². The zero-order valence-corrected chi connectivity index (χ0v) is 10.5. The van der Waals surface area contributed by atoms with Gasteiger partial charge in [-0.25, -0.2) is 4.68 Å². The van der Waals surface area contributed by atoms with E-state index in [-0.39, 0.29) is 0 Å². The maximum absolute atomic E-state index is 5.51. The Kier molecular flexibility index (Phi) is 4.91. The van der Waals surface area contributed by atoms with Gasteiger partial charge in [0.25, 0.3) is 0 Å². The summed E-state index contributed by atoms with van der Waals surface area (Å²) < 4.78 is 1.99. The number of aryl methyl sites for hydroxylation is 1. The maximum atomic E-state index is 5.51. The summed E-state index contributed by atoms with van der Waals surface area (Å²) >= 11 is 0. The highest BCUT2D eigenvalue weighted by atomic mass is 15.5. The van der Waals surface area contributed by atoms with E-state index in [0.717, 1.165) is 31.8 Å². The van der Waals surface area contributed by atoms with Gasteiger partial charge in [-0.05, 0) is 42.7 Å². The van der Waals surface area contributed by atoms with Gasteiger partial charge in [0.15, 0.2) is 5.82 Å². The van der Waals surface area contributed by atoms with Gasteiger partial charge in [0.2, 0.25) is 0 Å². The molecule has 96 valence electrons. The van der Waals surface area contributed by atoms with Gasteiger partial charge in [0.05, 0.1) is 0 Å². The van der Waals surface area contributed by atoms with Crippen molar-refractivity contribution in [3.05, 3.63) is 5.82 Å². The van der Waals surface area contributed by atoms with Crippen molar-refractivity contribution in [3.8, 4) is 0 Å². The summed E-state index contributed by atoms with van der Waals surface area (Å²) in [6.07, 6.45) is 9.98. The van der Waals surface area contributed by atoms with Gasteiger partial charge < -0.3 is 5.73 Å². The summed E-state index contributed by atoms with van der Waals surface area (Å²) in [6, 6.07) is 0. The molecule has 0 spiro atoms. The van der Waals surface area contributed by atoms with E-state index >= 15 is 0 Å². The highest BCUT2D eigenvalue weighted by molar-refractivity contribution is 4.94. The van der Waals surface area contributed by atoms with E-state index in [1.54, 1.807) is 0 Å². The van der Waals surface area contributed by atoms with Crippen LogP contribution in [0.15, 0.2) is 0 Å². The van der Waals surface area contributed by atoms with Gasteiger partial charge in [-0.15, -0.1) is 5.10 Å². The number of unbranched alkanes of at least 4 members (excludes halogenated alkanes) is 1. The number of hydrogen-bond donors (Lipinski definition) is 1. The Labute approximate surface area is 103 Å². The Morgan fingerprint density at radius 1 is 1.12 bits per heavy atom. The number of aromatic nitrogens is 4. The molecule has 1 fully saturated rings. The highest BCUT2D eigenvalue weighted by Crippen LogP contribution is 2.29. The summed E-state index contributed by atoms with van der Waals surface area (Å²) in [5.41, 5.74) is 5.51. The molecule has 0 saturated heterocycles. The topological polar surface area (TPSA) is 69.6 Å². The van der Waals surface area contributed by atoms with Crippen molar-refractivity contribution in [2.45, 2.75) is 63.8 Å². The summed E-state index contributed by atoms with van der Waals surface area (Å²) in [6.45, 7) is 1.66. The van der Waals surface area contributed by atoms with E-state index in [2.05, 4.69) is 15.5 Å². The lowest BCUT2D eigenvalue weighted by Gasteiger charge is -2.13. The van der Waals surface area contributed by atoms with Crippen LogP contribution in [0.3, 0.4) is 0 Å². The Hall–Kier alpha value is -0.970. The van der Waals surface area contributed by atoms with Gasteiger partial charge in [0, 0.05) is 12.5 Å². The molecule has 0 atom stereocenters. The molecule has 0 unspecified atom stereocenters. The Morgan fingerprint density at radius 3 is 2.59 bits per heavy atom. The first kappa shape index (κ1) is 12.5. The summed E-state index contributed by atoms with van der Waals surface area (Å²) in [4.78, 5) is 0. The molecule has 5 nitrogen and oxygen atoms in total. The standard InChI is InChI=1S/C12H23N5/c13-9-5-6-10-17-12(14-15-16-17)11-7-3-1-2-4-8-11/h11H,1-10,13H2. The largest absolute Gasteiger partial charge is 0.330 e. The normalized spacial score (nSPS) is 18.2. The predicted molar refractivity (Wildman–Crippen MR) is 66.5 cm³/mol. The monoisotopic (exact) mass is 237 g/mol. The van der Waals surface area contributed by atoms with Gasteiger partial charge in [-0.2, -0.15) is 0 Å². The zero-order chi connectivity index (χ0) is 11.9. The number of nitrogens with zero attached hydrogens (tertiary/aromatic N) is 4. The molecule has 2 rings (SSSR count). The maximum Gasteiger partial charge on any atom is 0.154 e. The van der Waals surface area contributed by atoms with E-state index in [0.29, 0.717) is 5.92 Å². The third kappa shape index (κ3) is 3.49. The van der Waals surface area contributed by atoms with Crippen LogP contribution in [-0.4, -0.2) is 26.8 Å². The van der Waals surface area contributed by atoms with E-state index in [1.165, 1.54) is 38.5 Å². The van der Waals surface area contributed by atoms with Gasteiger partial charge >= 0.3 is 0 Å². The summed E-state index contributed by atoms with van der Waals surface area (Å²) in [5.74, 6) is 1.68. The minimum atomic E-state index is 0.574. The van der Waals surface area contributed by atoms with Gasteiger partial charge in [-0.3, -0.25) is 0 Å². The zero-order valence-electron chi connectivity index (χ0n) is 10.5. The first-order valence-electron chi connectivity index (χ1n) is 6.88. The molecule has 1 aromatic heterocycles. The average molecular weight is 237 g/mol. The molecule has 0 bridgehead atoms. The predicted octanol–water partition coefficient (Wildman–Crippen LogP) is 1.85. The second-order valence-corrected chi connectivity index (χ2v) is 4.94. The van der Waals surface area contributed by atoms with E-state index in [9.17, 15) is 0 Å². The molecule has 0 amide bonds. The second kappa shape index (κ2) is 6.69. The molecule has 1 aliphatic rings. The van der Waals surface area contributed by atoms with Gasteiger partial charge in [-0.1, -0.05) is 25.7 Å². The van der Waals surface area contributed by atoms with Crippen LogP contribution in [0.25, 0.3) is 0 Å².